The van der Waals surface area contributed by atoms with Crippen molar-refractivity contribution in [3.8, 4) is 0 Å². The van der Waals surface area contributed by atoms with Gasteiger partial charge in [0.05, 0.1) is 0 Å². The van der Waals surface area contributed by atoms with Crippen molar-refractivity contribution in [1.82, 2.24) is 5.32 Å². The van der Waals surface area contributed by atoms with E-state index in [0.29, 0.717) is 5.41 Å². The van der Waals surface area contributed by atoms with Crippen LogP contribution in [0.25, 0.3) is 0 Å². The lowest BCUT2D eigenvalue weighted by atomic mass is 9.60. The van der Waals surface area contributed by atoms with Crippen molar-refractivity contribution in [2.45, 2.75) is 33.2 Å². The fourth-order valence-corrected chi connectivity index (χ4v) is 1.67. The van der Waals surface area contributed by atoms with E-state index in [1.54, 1.807) is 0 Å². The zero-order chi connectivity index (χ0) is 7.07. The minimum absolute atomic E-state index is 0.591. The predicted molar refractivity (Wildman–Crippen MR) is 40.4 cm³/mol. The zero-order valence-corrected chi connectivity index (χ0v) is 6.86. The van der Waals surface area contributed by atoms with Crippen molar-refractivity contribution >= 4 is 0 Å². The summed E-state index contributed by atoms with van der Waals surface area (Å²) < 4.78 is 0. The highest BCUT2D eigenvalue weighted by Crippen LogP contribution is 2.45. The van der Waals surface area contributed by atoms with E-state index in [-0.39, 0.29) is 0 Å². The summed E-state index contributed by atoms with van der Waals surface area (Å²) in [4.78, 5) is 0. The fraction of sp³-hybridized carbons (Fsp3) is 1.00. The van der Waals surface area contributed by atoms with Gasteiger partial charge in [-0.1, -0.05) is 20.8 Å². The van der Waals surface area contributed by atoms with Crippen LogP contribution in [0.15, 0.2) is 0 Å². The molecule has 0 aromatic heterocycles. The SMILES string of the molecule is CNC1CC(C)(C)C1C. The van der Waals surface area contributed by atoms with E-state index in [1.807, 2.05) is 0 Å². The molecule has 0 amide bonds. The average molecular weight is 127 g/mol. The first kappa shape index (κ1) is 7.07. The highest BCUT2D eigenvalue weighted by molar-refractivity contribution is 4.96. The summed E-state index contributed by atoms with van der Waals surface area (Å²) in [5.41, 5.74) is 0.591. The minimum atomic E-state index is 0.591. The molecular weight excluding hydrogens is 110 g/mol. The van der Waals surface area contributed by atoms with Gasteiger partial charge in [0.2, 0.25) is 0 Å². The van der Waals surface area contributed by atoms with E-state index in [0.717, 1.165) is 12.0 Å². The third kappa shape index (κ3) is 0.983. The molecule has 1 aliphatic carbocycles. The first-order chi connectivity index (χ1) is 4.08. The Balaban J connectivity index is 2.41. The second-order valence-electron chi connectivity index (χ2n) is 3.88. The molecule has 1 rings (SSSR count). The molecule has 0 heterocycles. The molecule has 1 fully saturated rings. The van der Waals surface area contributed by atoms with Gasteiger partial charge in [0, 0.05) is 6.04 Å². The summed E-state index contributed by atoms with van der Waals surface area (Å²) >= 11 is 0. The fourth-order valence-electron chi connectivity index (χ4n) is 1.67. The molecule has 0 aliphatic heterocycles. The maximum absolute atomic E-state index is 3.31. The molecule has 0 spiro atoms. The van der Waals surface area contributed by atoms with E-state index in [9.17, 15) is 0 Å². The Morgan fingerprint density at radius 1 is 1.44 bits per heavy atom. The van der Waals surface area contributed by atoms with Crippen LogP contribution in [0.5, 0.6) is 0 Å². The van der Waals surface area contributed by atoms with Crippen molar-refractivity contribution < 1.29 is 0 Å². The van der Waals surface area contributed by atoms with E-state index in [4.69, 9.17) is 0 Å². The topological polar surface area (TPSA) is 12.0 Å². The third-order valence-corrected chi connectivity index (χ3v) is 2.95. The van der Waals surface area contributed by atoms with Crippen LogP contribution in [0.2, 0.25) is 0 Å². The van der Waals surface area contributed by atoms with Crippen LogP contribution in [0.3, 0.4) is 0 Å². The second kappa shape index (κ2) is 1.98. The molecule has 0 saturated heterocycles. The van der Waals surface area contributed by atoms with Crippen LogP contribution >= 0.6 is 0 Å². The van der Waals surface area contributed by atoms with E-state index < -0.39 is 0 Å². The molecule has 0 bridgehead atoms. The lowest BCUT2D eigenvalue weighted by Gasteiger charge is -2.49. The van der Waals surface area contributed by atoms with Gasteiger partial charge in [-0.2, -0.15) is 0 Å². The summed E-state index contributed by atoms with van der Waals surface area (Å²) in [6, 6.07) is 0.778. The van der Waals surface area contributed by atoms with E-state index in [1.165, 1.54) is 6.42 Å². The van der Waals surface area contributed by atoms with Gasteiger partial charge in [-0.3, -0.25) is 0 Å². The minimum Gasteiger partial charge on any atom is -0.317 e. The Hall–Kier alpha value is -0.0400. The molecular formula is C8H17N. The molecule has 1 nitrogen and oxygen atoms in total. The molecule has 9 heavy (non-hydrogen) atoms. The smallest absolute Gasteiger partial charge is 0.00999 e. The molecule has 0 aromatic carbocycles. The van der Waals surface area contributed by atoms with Gasteiger partial charge in [0.15, 0.2) is 0 Å². The summed E-state index contributed by atoms with van der Waals surface area (Å²) in [5, 5.41) is 3.31. The number of hydrogen-bond donors (Lipinski definition) is 1. The summed E-state index contributed by atoms with van der Waals surface area (Å²) in [5.74, 6) is 0.850. The molecule has 1 saturated carbocycles. The molecule has 2 unspecified atom stereocenters. The van der Waals surface area contributed by atoms with Crippen LogP contribution in [-0.2, 0) is 0 Å². The van der Waals surface area contributed by atoms with Crippen LogP contribution in [-0.4, -0.2) is 13.1 Å². The number of hydrogen-bond acceptors (Lipinski definition) is 1. The molecule has 54 valence electrons. The average Bonchev–Trinajstić information content (AvgIpc) is 1.82. The molecule has 1 N–H and O–H groups in total. The van der Waals surface area contributed by atoms with Gasteiger partial charge >= 0.3 is 0 Å². The molecule has 0 radical (unpaired) electrons. The van der Waals surface area contributed by atoms with Crippen molar-refractivity contribution in [3.63, 3.8) is 0 Å². The highest BCUT2D eigenvalue weighted by Gasteiger charge is 2.42. The summed E-state index contributed by atoms with van der Waals surface area (Å²) in [6.07, 6.45) is 1.34. The van der Waals surface area contributed by atoms with Gasteiger partial charge in [-0.05, 0) is 24.8 Å². The Bertz CT molecular complexity index is 107. The normalized spacial score (nSPS) is 40.0. The number of nitrogens with one attached hydrogen (secondary N) is 1. The van der Waals surface area contributed by atoms with Gasteiger partial charge in [0.25, 0.3) is 0 Å². The van der Waals surface area contributed by atoms with Gasteiger partial charge in [0.1, 0.15) is 0 Å². The number of rotatable bonds is 1. The molecule has 1 heteroatoms. The van der Waals surface area contributed by atoms with Crippen molar-refractivity contribution in [2.24, 2.45) is 11.3 Å². The van der Waals surface area contributed by atoms with Crippen LogP contribution in [0, 0.1) is 11.3 Å². The van der Waals surface area contributed by atoms with Crippen LogP contribution in [0.1, 0.15) is 27.2 Å². The molecule has 0 aromatic rings. The second-order valence-corrected chi connectivity index (χ2v) is 3.88. The van der Waals surface area contributed by atoms with Crippen molar-refractivity contribution in [2.75, 3.05) is 7.05 Å². The van der Waals surface area contributed by atoms with Crippen molar-refractivity contribution in [3.05, 3.63) is 0 Å². The van der Waals surface area contributed by atoms with Crippen molar-refractivity contribution in [1.29, 1.82) is 0 Å². The van der Waals surface area contributed by atoms with Gasteiger partial charge in [-0.15, -0.1) is 0 Å². The predicted octanol–water partition coefficient (Wildman–Crippen LogP) is 1.64. The first-order valence-corrected chi connectivity index (χ1v) is 3.75. The maximum Gasteiger partial charge on any atom is 0.00999 e. The zero-order valence-electron chi connectivity index (χ0n) is 6.86. The monoisotopic (exact) mass is 127 g/mol. The van der Waals surface area contributed by atoms with Crippen LogP contribution in [0.4, 0.5) is 0 Å². The molecule has 1 aliphatic rings. The highest BCUT2D eigenvalue weighted by atomic mass is 14.9. The largest absolute Gasteiger partial charge is 0.317 e. The van der Waals surface area contributed by atoms with Gasteiger partial charge in [-0.25, -0.2) is 0 Å². The Kier molecular flexibility index (Phi) is 1.55. The first-order valence-electron chi connectivity index (χ1n) is 3.75. The van der Waals surface area contributed by atoms with Gasteiger partial charge < -0.3 is 5.32 Å². The van der Waals surface area contributed by atoms with E-state index >= 15 is 0 Å². The maximum atomic E-state index is 3.31. The Morgan fingerprint density at radius 3 is 2.11 bits per heavy atom. The Morgan fingerprint density at radius 2 is 2.00 bits per heavy atom. The van der Waals surface area contributed by atoms with Crippen LogP contribution < -0.4 is 5.32 Å². The lowest BCUT2D eigenvalue weighted by Crippen LogP contribution is -2.52. The lowest BCUT2D eigenvalue weighted by molar-refractivity contribution is 0.0390. The quantitative estimate of drug-likeness (QED) is 0.564. The Labute approximate surface area is 57.8 Å². The third-order valence-electron chi connectivity index (χ3n) is 2.95. The summed E-state index contributed by atoms with van der Waals surface area (Å²) in [7, 11) is 2.05. The summed E-state index contributed by atoms with van der Waals surface area (Å²) in [6.45, 7) is 7.00. The standard InChI is InChI=1S/C8H17N/c1-6-7(9-4)5-8(6,2)3/h6-7,9H,5H2,1-4H3. The molecule has 2 atom stereocenters. The van der Waals surface area contributed by atoms with E-state index in [2.05, 4.69) is 33.1 Å².